The third kappa shape index (κ3) is 5.93. The van der Waals surface area contributed by atoms with Crippen LogP contribution in [0.5, 0.6) is 0 Å². The van der Waals surface area contributed by atoms with Gasteiger partial charge in [0.15, 0.2) is 0 Å². The van der Waals surface area contributed by atoms with Crippen molar-refractivity contribution < 1.29 is 14.3 Å². The first kappa shape index (κ1) is 22.0. The highest BCUT2D eigenvalue weighted by molar-refractivity contribution is 9.10. The molecule has 2 aromatic carbocycles. The molecule has 4 rings (SSSR count). The van der Waals surface area contributed by atoms with Crippen LogP contribution in [0.2, 0.25) is 0 Å². The van der Waals surface area contributed by atoms with Gasteiger partial charge in [-0.15, -0.1) is 0 Å². The molecule has 2 heterocycles. The zero-order chi connectivity index (χ0) is 21.6. The Morgan fingerprint density at radius 3 is 2.42 bits per heavy atom. The Balaban J connectivity index is 1.28. The van der Waals surface area contributed by atoms with E-state index in [0.29, 0.717) is 31.5 Å². The van der Waals surface area contributed by atoms with Crippen molar-refractivity contribution in [2.45, 2.75) is 19.4 Å². The van der Waals surface area contributed by atoms with E-state index >= 15 is 0 Å². The molecule has 2 amide bonds. The summed E-state index contributed by atoms with van der Waals surface area (Å²) < 4.78 is 6.36. The highest BCUT2D eigenvalue weighted by Crippen LogP contribution is 2.22. The van der Waals surface area contributed by atoms with Crippen molar-refractivity contribution in [3.63, 3.8) is 0 Å². The minimum absolute atomic E-state index is 0.0298. The summed E-state index contributed by atoms with van der Waals surface area (Å²) in [6, 6.07) is 15.5. The Morgan fingerprint density at radius 2 is 1.71 bits per heavy atom. The number of hydrogen-bond acceptors (Lipinski definition) is 4. The van der Waals surface area contributed by atoms with Gasteiger partial charge in [-0.2, -0.15) is 0 Å². The molecule has 2 aliphatic rings. The number of amides is 2. The molecule has 31 heavy (non-hydrogen) atoms. The summed E-state index contributed by atoms with van der Waals surface area (Å²) in [7, 11) is 0. The Labute approximate surface area is 191 Å². The van der Waals surface area contributed by atoms with Gasteiger partial charge in [0, 0.05) is 54.4 Å². The third-order valence-corrected chi connectivity index (χ3v) is 6.48. The fraction of sp³-hybridized carbons (Fsp3) is 0.417. The first-order valence-corrected chi connectivity index (χ1v) is 11.6. The van der Waals surface area contributed by atoms with Crippen LogP contribution in [0.1, 0.15) is 28.8 Å². The molecule has 0 bridgehead atoms. The zero-order valence-corrected chi connectivity index (χ0v) is 19.1. The van der Waals surface area contributed by atoms with Crippen LogP contribution in [-0.4, -0.2) is 61.0 Å². The van der Waals surface area contributed by atoms with Gasteiger partial charge in [-0.05, 0) is 54.8 Å². The van der Waals surface area contributed by atoms with Crippen molar-refractivity contribution >= 4 is 33.4 Å². The van der Waals surface area contributed by atoms with Crippen molar-refractivity contribution in [3.8, 4) is 0 Å². The maximum Gasteiger partial charge on any atom is 0.253 e. The molecule has 164 valence electrons. The molecule has 2 aliphatic heterocycles. The molecule has 0 radical (unpaired) electrons. The number of nitrogens with one attached hydrogen (secondary N) is 1. The summed E-state index contributed by atoms with van der Waals surface area (Å²) in [6.07, 6.45) is 1.36. The maximum atomic E-state index is 12.8. The molecular formula is C24H28BrN3O3. The maximum absolute atomic E-state index is 12.8. The molecule has 1 N–H and O–H groups in total. The second-order valence-corrected chi connectivity index (χ2v) is 9.07. The number of ether oxygens (including phenoxy) is 1. The molecule has 0 atom stereocenters. The molecule has 0 aliphatic carbocycles. The molecular weight excluding hydrogens is 458 g/mol. The minimum atomic E-state index is -0.0723. The zero-order valence-electron chi connectivity index (χ0n) is 17.6. The van der Waals surface area contributed by atoms with E-state index in [-0.39, 0.29) is 17.7 Å². The number of carbonyl (C=O) groups excluding carboxylic acids is 2. The SMILES string of the molecule is O=C(Nc1cccc(CN2CCOCC2)c1)C1CCN(C(=O)c2ccc(Br)cc2)CC1. The third-order valence-electron chi connectivity index (χ3n) is 5.95. The molecule has 6 nitrogen and oxygen atoms in total. The standard InChI is InChI=1S/C24H28BrN3O3/c25-21-6-4-20(5-7-21)24(30)28-10-8-19(9-11-28)23(29)26-22-3-1-2-18(16-22)17-27-12-14-31-15-13-27/h1-7,16,19H,8-15,17H2,(H,26,29). The highest BCUT2D eigenvalue weighted by Gasteiger charge is 2.28. The van der Waals surface area contributed by atoms with Gasteiger partial charge in [-0.1, -0.05) is 28.1 Å². The van der Waals surface area contributed by atoms with Crippen molar-refractivity contribution in [2.24, 2.45) is 5.92 Å². The normalized spacial score (nSPS) is 18.0. The largest absolute Gasteiger partial charge is 0.379 e. The van der Waals surface area contributed by atoms with Crippen LogP contribution < -0.4 is 5.32 Å². The van der Waals surface area contributed by atoms with E-state index in [4.69, 9.17) is 4.74 Å². The van der Waals surface area contributed by atoms with Gasteiger partial charge in [0.2, 0.25) is 5.91 Å². The van der Waals surface area contributed by atoms with E-state index < -0.39 is 0 Å². The van der Waals surface area contributed by atoms with Crippen LogP contribution in [0.15, 0.2) is 53.0 Å². The second kappa shape index (κ2) is 10.4. The van der Waals surface area contributed by atoms with E-state index in [0.717, 1.165) is 43.0 Å². The van der Waals surface area contributed by atoms with Crippen molar-refractivity contribution in [2.75, 3.05) is 44.7 Å². The Morgan fingerprint density at radius 1 is 1.00 bits per heavy atom. The van der Waals surface area contributed by atoms with Gasteiger partial charge in [0.05, 0.1) is 13.2 Å². The van der Waals surface area contributed by atoms with Crippen molar-refractivity contribution in [1.82, 2.24) is 9.80 Å². The van der Waals surface area contributed by atoms with Gasteiger partial charge in [0.1, 0.15) is 0 Å². The number of anilines is 1. The summed E-state index contributed by atoms with van der Waals surface area (Å²) >= 11 is 3.39. The van der Waals surface area contributed by atoms with Crippen LogP contribution in [-0.2, 0) is 16.1 Å². The minimum Gasteiger partial charge on any atom is -0.379 e. The molecule has 0 aromatic heterocycles. The lowest BCUT2D eigenvalue weighted by Crippen LogP contribution is -2.41. The Kier molecular flexibility index (Phi) is 7.37. The number of likely N-dealkylation sites (tertiary alicyclic amines) is 1. The van der Waals surface area contributed by atoms with E-state index in [1.807, 2.05) is 41.3 Å². The number of piperidine rings is 1. The summed E-state index contributed by atoms with van der Waals surface area (Å²) in [6.45, 7) is 5.50. The summed E-state index contributed by atoms with van der Waals surface area (Å²) in [5.41, 5.74) is 2.71. The summed E-state index contributed by atoms with van der Waals surface area (Å²) in [5.74, 6) is -0.00157. The molecule has 0 unspecified atom stereocenters. The lowest BCUT2D eigenvalue weighted by molar-refractivity contribution is -0.121. The van der Waals surface area contributed by atoms with Gasteiger partial charge in [-0.25, -0.2) is 0 Å². The summed E-state index contributed by atoms with van der Waals surface area (Å²) in [4.78, 5) is 29.7. The van der Waals surface area contributed by atoms with E-state index in [9.17, 15) is 9.59 Å². The molecule has 2 saturated heterocycles. The molecule has 2 fully saturated rings. The van der Waals surface area contributed by atoms with Crippen molar-refractivity contribution in [3.05, 3.63) is 64.1 Å². The number of halogens is 1. The quantitative estimate of drug-likeness (QED) is 0.699. The number of nitrogens with zero attached hydrogens (tertiary/aromatic N) is 2. The molecule has 0 spiro atoms. The van der Waals surface area contributed by atoms with Gasteiger partial charge in [-0.3, -0.25) is 14.5 Å². The topological polar surface area (TPSA) is 61.9 Å². The Bertz CT molecular complexity index is 905. The number of carbonyl (C=O) groups is 2. The fourth-order valence-electron chi connectivity index (χ4n) is 4.13. The number of rotatable bonds is 5. The molecule has 7 heteroatoms. The average molecular weight is 486 g/mol. The van der Waals surface area contributed by atoms with E-state index in [2.05, 4.69) is 38.3 Å². The Hall–Kier alpha value is -2.22. The van der Waals surface area contributed by atoms with Crippen molar-refractivity contribution in [1.29, 1.82) is 0 Å². The number of morpholine rings is 1. The van der Waals surface area contributed by atoms with Crippen LogP contribution in [0.3, 0.4) is 0 Å². The van der Waals surface area contributed by atoms with Crippen LogP contribution in [0, 0.1) is 5.92 Å². The second-order valence-electron chi connectivity index (χ2n) is 8.15. The fourth-order valence-corrected chi connectivity index (χ4v) is 4.39. The molecule has 2 aromatic rings. The summed E-state index contributed by atoms with van der Waals surface area (Å²) in [5, 5.41) is 3.08. The number of hydrogen-bond donors (Lipinski definition) is 1. The average Bonchev–Trinajstić information content (AvgIpc) is 2.80. The number of benzene rings is 2. The van der Waals surface area contributed by atoms with E-state index in [1.54, 1.807) is 0 Å². The van der Waals surface area contributed by atoms with Crippen LogP contribution >= 0.6 is 15.9 Å². The smallest absolute Gasteiger partial charge is 0.253 e. The predicted molar refractivity (Wildman–Crippen MR) is 124 cm³/mol. The predicted octanol–water partition coefficient (Wildman–Crippen LogP) is 3.77. The highest BCUT2D eigenvalue weighted by atomic mass is 79.9. The van der Waals surface area contributed by atoms with Gasteiger partial charge >= 0.3 is 0 Å². The van der Waals surface area contributed by atoms with Gasteiger partial charge in [0.25, 0.3) is 5.91 Å². The monoisotopic (exact) mass is 485 g/mol. The first-order valence-electron chi connectivity index (χ1n) is 10.8. The van der Waals surface area contributed by atoms with Crippen LogP contribution in [0.4, 0.5) is 5.69 Å². The first-order chi connectivity index (χ1) is 15.1. The lowest BCUT2D eigenvalue weighted by atomic mass is 9.95. The van der Waals surface area contributed by atoms with E-state index in [1.165, 1.54) is 5.56 Å². The molecule has 0 saturated carbocycles. The van der Waals surface area contributed by atoms with Crippen LogP contribution in [0.25, 0.3) is 0 Å². The van der Waals surface area contributed by atoms with Gasteiger partial charge < -0.3 is 15.0 Å². The lowest BCUT2D eigenvalue weighted by Gasteiger charge is -2.31.